The van der Waals surface area contributed by atoms with E-state index in [1.54, 1.807) is 6.08 Å². The monoisotopic (exact) mass is 188 g/mol. The summed E-state index contributed by atoms with van der Waals surface area (Å²) in [5, 5.41) is 8.77. The minimum atomic E-state index is -0.990. The Morgan fingerprint density at radius 1 is 1.50 bits per heavy atom. The molecule has 0 bridgehead atoms. The fourth-order valence-electron chi connectivity index (χ4n) is 0.712. The summed E-state index contributed by atoms with van der Waals surface area (Å²) < 4.78 is 5.38. The molecule has 1 atom stereocenters. The fraction of sp³-hybridized carbons (Fsp3) is 0.778. The summed E-state index contributed by atoms with van der Waals surface area (Å²) in [6, 6.07) is 1.14. The Labute approximate surface area is 76.3 Å². The molecule has 0 aromatic heterocycles. The van der Waals surface area contributed by atoms with Crippen molar-refractivity contribution in [2.24, 2.45) is 0 Å². The number of aliphatic hydroxyl groups is 1. The van der Waals surface area contributed by atoms with Crippen LogP contribution in [0.15, 0.2) is 12.7 Å². The van der Waals surface area contributed by atoms with Gasteiger partial charge in [0.05, 0.1) is 12.7 Å². The molecule has 0 amide bonds. The Morgan fingerprint density at radius 2 is 2.08 bits per heavy atom. The van der Waals surface area contributed by atoms with Gasteiger partial charge in [-0.2, -0.15) is 0 Å². The standard InChI is InChI=1S/C9H20O2Si/c1-5-9(8-10)11-6-7-12(2,3)4/h5,9-10H,1,6-8H2,2-4H3/t9-/m1/s1. The van der Waals surface area contributed by atoms with E-state index in [4.69, 9.17) is 9.84 Å². The normalized spacial score (nSPS) is 14.3. The highest BCUT2D eigenvalue weighted by Gasteiger charge is 2.13. The summed E-state index contributed by atoms with van der Waals surface area (Å²) in [6.07, 6.45) is 1.46. The zero-order valence-corrected chi connectivity index (χ0v) is 9.34. The molecule has 12 heavy (non-hydrogen) atoms. The Balaban J connectivity index is 3.48. The van der Waals surface area contributed by atoms with Crippen LogP contribution in [0.3, 0.4) is 0 Å². The van der Waals surface area contributed by atoms with Crippen molar-refractivity contribution in [1.82, 2.24) is 0 Å². The van der Waals surface area contributed by atoms with E-state index in [2.05, 4.69) is 26.2 Å². The van der Waals surface area contributed by atoms with Gasteiger partial charge in [0.25, 0.3) is 0 Å². The third-order valence-electron chi connectivity index (χ3n) is 1.63. The van der Waals surface area contributed by atoms with Gasteiger partial charge in [-0.15, -0.1) is 6.58 Å². The van der Waals surface area contributed by atoms with Crippen LogP contribution in [0.25, 0.3) is 0 Å². The van der Waals surface area contributed by atoms with Gasteiger partial charge >= 0.3 is 0 Å². The van der Waals surface area contributed by atoms with Gasteiger partial charge in [0.2, 0.25) is 0 Å². The summed E-state index contributed by atoms with van der Waals surface area (Å²) in [4.78, 5) is 0. The first kappa shape index (κ1) is 11.9. The molecule has 2 nitrogen and oxygen atoms in total. The highest BCUT2D eigenvalue weighted by molar-refractivity contribution is 6.76. The van der Waals surface area contributed by atoms with Crippen LogP contribution in [0.1, 0.15) is 0 Å². The molecule has 0 fully saturated rings. The number of aliphatic hydroxyl groups excluding tert-OH is 1. The summed E-state index contributed by atoms with van der Waals surface area (Å²) in [6.45, 7) is 11.3. The van der Waals surface area contributed by atoms with Crippen LogP contribution in [0.5, 0.6) is 0 Å². The van der Waals surface area contributed by atoms with Crippen molar-refractivity contribution in [2.45, 2.75) is 31.8 Å². The molecule has 0 saturated heterocycles. The first-order valence-electron chi connectivity index (χ1n) is 4.34. The van der Waals surface area contributed by atoms with Crippen LogP contribution in [-0.4, -0.2) is 32.5 Å². The topological polar surface area (TPSA) is 29.5 Å². The van der Waals surface area contributed by atoms with Crippen molar-refractivity contribution in [3.8, 4) is 0 Å². The number of hydrogen-bond donors (Lipinski definition) is 1. The molecule has 0 aliphatic carbocycles. The second-order valence-corrected chi connectivity index (χ2v) is 9.76. The maximum atomic E-state index is 8.77. The quantitative estimate of drug-likeness (QED) is 0.509. The first-order valence-corrected chi connectivity index (χ1v) is 8.05. The van der Waals surface area contributed by atoms with Gasteiger partial charge in [0.15, 0.2) is 0 Å². The van der Waals surface area contributed by atoms with Gasteiger partial charge in [0, 0.05) is 14.7 Å². The largest absolute Gasteiger partial charge is 0.393 e. The van der Waals surface area contributed by atoms with Crippen molar-refractivity contribution in [3.05, 3.63) is 12.7 Å². The predicted octanol–water partition coefficient (Wildman–Crippen LogP) is 1.89. The van der Waals surface area contributed by atoms with Crippen LogP contribution >= 0.6 is 0 Å². The molecule has 1 N–H and O–H groups in total. The molecule has 0 heterocycles. The second kappa shape index (κ2) is 5.51. The molecular formula is C9H20O2Si. The summed E-state index contributed by atoms with van der Waals surface area (Å²) in [5.41, 5.74) is 0. The van der Waals surface area contributed by atoms with E-state index in [1.165, 1.54) is 0 Å². The van der Waals surface area contributed by atoms with Crippen molar-refractivity contribution in [1.29, 1.82) is 0 Å². The summed E-state index contributed by atoms with van der Waals surface area (Å²) in [5.74, 6) is 0. The molecule has 0 aromatic carbocycles. The zero-order valence-electron chi connectivity index (χ0n) is 8.34. The molecule has 0 aromatic rings. The lowest BCUT2D eigenvalue weighted by Gasteiger charge is -2.17. The average molecular weight is 188 g/mol. The van der Waals surface area contributed by atoms with Crippen LogP contribution < -0.4 is 0 Å². The predicted molar refractivity (Wildman–Crippen MR) is 55.2 cm³/mol. The minimum Gasteiger partial charge on any atom is -0.393 e. The third kappa shape index (κ3) is 6.58. The molecule has 0 spiro atoms. The van der Waals surface area contributed by atoms with E-state index >= 15 is 0 Å². The lowest BCUT2D eigenvalue weighted by molar-refractivity contribution is 0.0506. The zero-order chi connectivity index (χ0) is 9.61. The smallest absolute Gasteiger partial charge is 0.0983 e. The first-order chi connectivity index (χ1) is 5.49. The van der Waals surface area contributed by atoms with Gasteiger partial charge in [0.1, 0.15) is 0 Å². The van der Waals surface area contributed by atoms with Gasteiger partial charge < -0.3 is 9.84 Å². The highest BCUT2D eigenvalue weighted by Crippen LogP contribution is 2.08. The maximum Gasteiger partial charge on any atom is 0.0983 e. The summed E-state index contributed by atoms with van der Waals surface area (Å²) in [7, 11) is -0.990. The molecular weight excluding hydrogens is 168 g/mol. The lowest BCUT2D eigenvalue weighted by atomic mass is 10.4. The Morgan fingerprint density at radius 3 is 2.42 bits per heavy atom. The highest BCUT2D eigenvalue weighted by atomic mass is 28.3. The van der Waals surface area contributed by atoms with E-state index < -0.39 is 8.07 Å². The maximum absolute atomic E-state index is 8.77. The molecule has 0 saturated carbocycles. The van der Waals surface area contributed by atoms with Crippen LogP contribution in [-0.2, 0) is 4.74 Å². The van der Waals surface area contributed by atoms with Crippen LogP contribution in [0.4, 0.5) is 0 Å². The van der Waals surface area contributed by atoms with E-state index in [0.717, 1.165) is 12.7 Å². The number of rotatable bonds is 6. The molecule has 0 radical (unpaired) electrons. The van der Waals surface area contributed by atoms with Crippen LogP contribution in [0, 0.1) is 0 Å². The van der Waals surface area contributed by atoms with E-state index in [-0.39, 0.29) is 12.7 Å². The molecule has 0 aliphatic rings. The molecule has 72 valence electrons. The van der Waals surface area contributed by atoms with Gasteiger partial charge in [-0.3, -0.25) is 0 Å². The SMILES string of the molecule is C=C[C@H](CO)OCC[Si](C)(C)C. The van der Waals surface area contributed by atoms with Crippen LogP contribution in [0.2, 0.25) is 25.7 Å². The van der Waals surface area contributed by atoms with E-state index in [9.17, 15) is 0 Å². The number of hydrogen-bond acceptors (Lipinski definition) is 2. The van der Waals surface area contributed by atoms with E-state index in [0.29, 0.717) is 0 Å². The summed E-state index contributed by atoms with van der Waals surface area (Å²) >= 11 is 0. The molecule has 0 rings (SSSR count). The fourth-order valence-corrected chi connectivity index (χ4v) is 1.44. The van der Waals surface area contributed by atoms with Crippen molar-refractivity contribution in [2.75, 3.05) is 13.2 Å². The lowest BCUT2D eigenvalue weighted by Crippen LogP contribution is -2.24. The van der Waals surface area contributed by atoms with E-state index in [1.807, 2.05) is 0 Å². The van der Waals surface area contributed by atoms with Gasteiger partial charge in [-0.05, 0) is 6.04 Å². The molecule has 3 heteroatoms. The van der Waals surface area contributed by atoms with Gasteiger partial charge in [-0.1, -0.05) is 25.7 Å². The van der Waals surface area contributed by atoms with Crippen molar-refractivity contribution < 1.29 is 9.84 Å². The Kier molecular flexibility index (Phi) is 5.45. The second-order valence-electron chi connectivity index (χ2n) is 4.14. The minimum absolute atomic E-state index is 0.0369. The number of ether oxygens (including phenoxy) is 1. The average Bonchev–Trinajstić information content (AvgIpc) is 1.96. The molecule has 0 aliphatic heterocycles. The Bertz CT molecular complexity index is 129. The van der Waals surface area contributed by atoms with Crippen molar-refractivity contribution >= 4 is 8.07 Å². The Hall–Kier alpha value is -0.123. The van der Waals surface area contributed by atoms with Crippen molar-refractivity contribution in [3.63, 3.8) is 0 Å². The molecule has 0 unspecified atom stereocenters. The van der Waals surface area contributed by atoms with Gasteiger partial charge in [-0.25, -0.2) is 0 Å². The third-order valence-corrected chi connectivity index (χ3v) is 3.33.